The van der Waals surface area contributed by atoms with E-state index in [9.17, 15) is 63.6 Å². The molecule has 3 saturated heterocycles. The molecule has 2 aromatic rings. The number of hydrogen-bond donors (Lipinski definition) is 9. The van der Waals surface area contributed by atoms with Crippen LogP contribution in [-0.2, 0) is 43.2 Å². The zero-order valence-electron chi connectivity index (χ0n) is 29.3. The number of aromatic hydroxyl groups is 2. The van der Waals surface area contributed by atoms with Crippen molar-refractivity contribution >= 4 is 98.8 Å². The predicted octanol–water partition coefficient (Wildman–Crippen LogP) is -3.20. The minimum atomic E-state index is -2.23. The number of thioether (sulfide) groups is 1. The molecule has 1 unspecified atom stereocenters. The fourth-order valence-corrected chi connectivity index (χ4v) is 7.77. The maximum atomic E-state index is 13.4. The molecule has 0 saturated carbocycles. The van der Waals surface area contributed by atoms with Crippen LogP contribution in [0.5, 0.6) is 11.5 Å². The molecule has 3 aliphatic rings. The Kier molecular flexibility index (Phi) is 11.7. The van der Waals surface area contributed by atoms with Gasteiger partial charge in [0.2, 0.25) is 16.4 Å². The molecule has 3 atom stereocenters. The van der Waals surface area contributed by atoms with Crippen LogP contribution >= 0.6 is 34.7 Å². The summed E-state index contributed by atoms with van der Waals surface area (Å²) in [4.78, 5) is 123. The Morgan fingerprint density at radius 3 is 2.35 bits per heavy atom. The molecule has 304 valence electrons. The van der Waals surface area contributed by atoms with Gasteiger partial charge in [0.25, 0.3) is 11.8 Å². The number of carbonyl (C=O) groups excluding carboxylic acids is 7. The van der Waals surface area contributed by atoms with Gasteiger partial charge in [0, 0.05) is 25.0 Å². The quantitative estimate of drug-likeness (QED) is 0.0239. The summed E-state index contributed by atoms with van der Waals surface area (Å²) in [5.74, 6) is -12.4. The highest BCUT2D eigenvalue weighted by atomic mass is 35.5. The van der Waals surface area contributed by atoms with Gasteiger partial charge in [-0.1, -0.05) is 28.5 Å². The fraction of sp³-hybridized carbons (Fsp3) is 0.367. The molecule has 27 heteroatoms. The van der Waals surface area contributed by atoms with Crippen LogP contribution in [0.15, 0.2) is 22.7 Å². The normalized spacial score (nSPS) is 20.6. The number of nitrogens with two attached hydrogens (primary N) is 1. The number of nitrogens with one attached hydrogen (secondary N) is 4. The van der Waals surface area contributed by atoms with E-state index in [1.54, 1.807) is 0 Å². The van der Waals surface area contributed by atoms with Crippen LogP contribution in [0.1, 0.15) is 29.9 Å². The topological polar surface area (TPSA) is 353 Å². The molecule has 3 fully saturated rings. The number of phenolic OH excluding ortho intramolecular Hbond substituents is 2. The molecule has 0 radical (unpaired) electrons. The summed E-state index contributed by atoms with van der Waals surface area (Å²) in [5, 5.41) is 49.8. The number of thiazole rings is 1. The maximum Gasteiger partial charge on any atom is 0.350 e. The average Bonchev–Trinajstić information content (AvgIpc) is 3.75. The van der Waals surface area contributed by atoms with Gasteiger partial charge < -0.3 is 56.7 Å². The number of nitrogen functional groups attached to an aromatic ring is 1. The molecule has 0 aliphatic carbocycles. The predicted molar refractivity (Wildman–Crippen MR) is 193 cm³/mol. The van der Waals surface area contributed by atoms with Crippen LogP contribution in [0, 0.1) is 0 Å². The molecule has 24 nitrogen and oxygen atoms in total. The van der Waals surface area contributed by atoms with Gasteiger partial charge in [-0.25, -0.2) is 19.6 Å². The second-order valence-corrected chi connectivity index (χ2v) is 15.3. The summed E-state index contributed by atoms with van der Waals surface area (Å²) in [5.41, 5.74) is 4.89. The van der Waals surface area contributed by atoms with Crippen LogP contribution < -0.4 is 27.1 Å². The number of anilines is 1. The summed E-state index contributed by atoms with van der Waals surface area (Å²) < 4.78 is 0. The number of amides is 7. The van der Waals surface area contributed by atoms with Crippen molar-refractivity contribution in [1.29, 1.82) is 0 Å². The van der Waals surface area contributed by atoms with Gasteiger partial charge in [-0.3, -0.25) is 39.0 Å². The first kappa shape index (κ1) is 41.7. The standard InChI is InChI=1S/C30H31ClN10O14S2/c1-29(2,26(51)52)55-38-15(12-9-56-28(32)35-12)19(45)36-16-22(48)39-10-30(27(53)54,57-25(16)39)40-7-8-41(24(50)23(40)49)37-21(47)20(46)34-6-5-33-18(44)11-3-4-13(42)17(43)14(11)31/h3-4,9,16,25,42-43H,5-8,10H2,1-2H3,(H2,32,35)(H,33,44)(H,34,46)(H,36,45)(H,37,47)(H,51,52)(H,53,54)/b38-15-/t16?,25-,30-/m1/s1. The Bertz CT molecular complexity index is 2130. The third-order valence-corrected chi connectivity index (χ3v) is 11.2. The number of β-lactam (4-membered cyclic amide) rings is 1. The van der Waals surface area contributed by atoms with E-state index in [0.717, 1.165) is 42.2 Å². The number of oxime groups is 1. The Balaban J connectivity index is 1.18. The Labute approximate surface area is 332 Å². The second kappa shape index (κ2) is 16.0. The number of aliphatic carboxylic acids is 2. The number of phenols is 2. The molecular formula is C30H31ClN10O14S2. The highest BCUT2D eigenvalue weighted by molar-refractivity contribution is 8.02. The number of rotatable bonds is 13. The van der Waals surface area contributed by atoms with Crippen molar-refractivity contribution < 1.29 is 68.4 Å². The fourth-order valence-electron chi connectivity index (χ4n) is 5.33. The van der Waals surface area contributed by atoms with Crippen LogP contribution in [0.3, 0.4) is 0 Å². The lowest BCUT2D eigenvalue weighted by atomic mass is 10.0. The number of carbonyl (C=O) groups is 9. The lowest BCUT2D eigenvalue weighted by Crippen LogP contribution is -2.69. The first-order chi connectivity index (χ1) is 26.7. The van der Waals surface area contributed by atoms with E-state index in [-0.39, 0.29) is 29.5 Å². The first-order valence-corrected chi connectivity index (χ1v) is 18.3. The number of halogens is 1. The average molecular weight is 855 g/mol. The van der Waals surface area contributed by atoms with Gasteiger partial charge in [-0.15, -0.1) is 11.3 Å². The molecule has 7 amide bonds. The third kappa shape index (κ3) is 8.12. The van der Waals surface area contributed by atoms with Gasteiger partial charge in [-0.05, 0) is 26.0 Å². The lowest BCUT2D eigenvalue weighted by molar-refractivity contribution is -0.168. The molecule has 1 aromatic heterocycles. The van der Waals surface area contributed by atoms with Crippen molar-refractivity contribution in [1.82, 2.24) is 41.2 Å². The molecule has 5 rings (SSSR count). The molecule has 3 aliphatic heterocycles. The van der Waals surface area contributed by atoms with E-state index in [0.29, 0.717) is 21.7 Å². The minimum absolute atomic E-state index is 0.0224. The van der Waals surface area contributed by atoms with E-state index in [1.165, 1.54) is 5.38 Å². The van der Waals surface area contributed by atoms with Crippen molar-refractivity contribution in [3.8, 4) is 11.5 Å². The second-order valence-electron chi connectivity index (χ2n) is 12.6. The Morgan fingerprint density at radius 2 is 1.72 bits per heavy atom. The first-order valence-electron chi connectivity index (χ1n) is 16.1. The van der Waals surface area contributed by atoms with Crippen molar-refractivity contribution in [2.75, 3.05) is 38.5 Å². The summed E-state index contributed by atoms with van der Waals surface area (Å²) in [7, 11) is 0. The maximum absolute atomic E-state index is 13.4. The number of hydrogen-bond acceptors (Lipinski definition) is 17. The molecular weight excluding hydrogens is 824 g/mol. The molecule has 4 heterocycles. The Morgan fingerprint density at radius 1 is 1.04 bits per heavy atom. The summed E-state index contributed by atoms with van der Waals surface area (Å²) in [6, 6.07) is 0.790. The van der Waals surface area contributed by atoms with Crippen molar-refractivity contribution in [3.05, 3.63) is 33.8 Å². The van der Waals surface area contributed by atoms with Gasteiger partial charge >= 0.3 is 35.6 Å². The van der Waals surface area contributed by atoms with Crippen LogP contribution in [0.25, 0.3) is 0 Å². The van der Waals surface area contributed by atoms with E-state index in [1.807, 2.05) is 5.43 Å². The highest BCUT2D eigenvalue weighted by Crippen LogP contribution is 2.49. The van der Waals surface area contributed by atoms with Crippen molar-refractivity contribution in [2.45, 2.75) is 35.7 Å². The summed E-state index contributed by atoms with van der Waals surface area (Å²) in [6.45, 7) is 0.202. The summed E-state index contributed by atoms with van der Waals surface area (Å²) in [6.07, 6.45) is 0. The number of aromatic nitrogens is 1. The molecule has 10 N–H and O–H groups in total. The number of fused-ring (bicyclic) bond motifs is 1. The molecule has 1 aromatic carbocycles. The van der Waals surface area contributed by atoms with E-state index >= 15 is 0 Å². The molecule has 57 heavy (non-hydrogen) atoms. The van der Waals surface area contributed by atoms with Gasteiger partial charge in [0.1, 0.15) is 17.1 Å². The number of carboxylic acid groups (broad SMARTS) is 2. The van der Waals surface area contributed by atoms with Gasteiger partial charge in [-0.2, -0.15) is 0 Å². The largest absolute Gasteiger partial charge is 0.504 e. The smallest absolute Gasteiger partial charge is 0.350 e. The monoisotopic (exact) mass is 854 g/mol. The van der Waals surface area contributed by atoms with Gasteiger partial charge in [0.15, 0.2) is 22.3 Å². The van der Waals surface area contributed by atoms with Crippen molar-refractivity contribution in [3.63, 3.8) is 0 Å². The SMILES string of the molecule is CC(C)(O/N=C(\C(=O)NC1C(=O)N2C[C@@](C(=O)O)(N3CCN(NC(=O)C(=O)NCCNC(=O)c4ccc(O)c(O)c4Cl)C(=O)C3=O)S[C@H]12)c1csc(N)n1)C(=O)O. The highest BCUT2D eigenvalue weighted by Gasteiger charge is 2.66. The van der Waals surface area contributed by atoms with Crippen LogP contribution in [-0.4, -0.2) is 154 Å². The van der Waals surface area contributed by atoms with Gasteiger partial charge in [0.05, 0.1) is 23.7 Å². The number of benzene rings is 1. The minimum Gasteiger partial charge on any atom is -0.504 e. The number of carboxylic acids is 2. The molecule has 0 spiro atoms. The van der Waals surface area contributed by atoms with Crippen LogP contribution in [0.2, 0.25) is 5.02 Å². The van der Waals surface area contributed by atoms with E-state index in [4.69, 9.17) is 22.2 Å². The third-order valence-electron chi connectivity index (χ3n) is 8.46. The number of hydrazine groups is 1. The van der Waals surface area contributed by atoms with Crippen molar-refractivity contribution in [2.24, 2.45) is 5.16 Å². The van der Waals surface area contributed by atoms with E-state index in [2.05, 4.69) is 26.1 Å². The molecule has 0 bridgehead atoms. The number of nitrogens with zero attached hydrogens (tertiary/aromatic N) is 5. The lowest BCUT2D eigenvalue weighted by Gasteiger charge is -2.41. The number of piperazine rings is 1. The summed E-state index contributed by atoms with van der Waals surface area (Å²) >= 11 is 7.35. The Hall–Kier alpha value is -6.41. The van der Waals surface area contributed by atoms with E-state index < -0.39 is 117 Å². The van der Waals surface area contributed by atoms with Crippen LogP contribution in [0.4, 0.5) is 5.13 Å². The zero-order valence-corrected chi connectivity index (χ0v) is 31.7. The zero-order chi connectivity index (χ0) is 42.1.